The van der Waals surface area contributed by atoms with E-state index in [4.69, 9.17) is 0 Å². The van der Waals surface area contributed by atoms with Crippen LogP contribution in [0.15, 0.2) is 17.1 Å². The molecule has 3 nitrogen and oxygen atoms in total. The number of guanidine groups is 1. The van der Waals surface area contributed by atoms with E-state index in [1.54, 1.807) is 0 Å². The van der Waals surface area contributed by atoms with Gasteiger partial charge in [-0.3, -0.25) is 4.99 Å². The lowest BCUT2D eigenvalue weighted by atomic mass is 10.1. The Hall–Kier alpha value is -0.300. The van der Waals surface area contributed by atoms with Crippen LogP contribution in [0, 0.1) is 12.8 Å². The molecule has 5 heteroatoms. The summed E-state index contributed by atoms with van der Waals surface area (Å²) in [6.07, 6.45) is 2.45. The van der Waals surface area contributed by atoms with Crippen LogP contribution in [0.4, 0.5) is 0 Å². The maximum atomic E-state index is 4.23. The molecule has 0 unspecified atom stereocenters. The minimum absolute atomic E-state index is 0. The maximum absolute atomic E-state index is 4.23. The van der Waals surface area contributed by atoms with E-state index >= 15 is 0 Å². The second kappa shape index (κ2) is 10.5. The summed E-state index contributed by atoms with van der Waals surface area (Å²) in [6, 6.07) is 4.32. The van der Waals surface area contributed by atoms with Gasteiger partial charge in [-0.2, -0.15) is 0 Å². The minimum Gasteiger partial charge on any atom is -0.356 e. The van der Waals surface area contributed by atoms with Crippen molar-refractivity contribution >= 4 is 41.3 Å². The summed E-state index contributed by atoms with van der Waals surface area (Å²) in [6.45, 7) is 8.48. The third-order valence-electron chi connectivity index (χ3n) is 2.70. The van der Waals surface area contributed by atoms with E-state index in [1.807, 2.05) is 18.4 Å². The Morgan fingerprint density at radius 1 is 1.32 bits per heavy atom. The molecular formula is C14H26IN3S. The summed E-state index contributed by atoms with van der Waals surface area (Å²) in [5.41, 5.74) is 0. The van der Waals surface area contributed by atoms with Crippen LogP contribution in [0.25, 0.3) is 0 Å². The average molecular weight is 395 g/mol. The van der Waals surface area contributed by atoms with E-state index in [9.17, 15) is 0 Å². The Morgan fingerprint density at radius 2 is 2.05 bits per heavy atom. The molecule has 0 aliphatic heterocycles. The fourth-order valence-electron chi connectivity index (χ4n) is 1.69. The van der Waals surface area contributed by atoms with Gasteiger partial charge in [-0.05, 0) is 37.8 Å². The summed E-state index contributed by atoms with van der Waals surface area (Å²) in [5.74, 6) is 1.67. The van der Waals surface area contributed by atoms with Crippen molar-refractivity contribution in [3.63, 3.8) is 0 Å². The maximum Gasteiger partial charge on any atom is 0.191 e. The van der Waals surface area contributed by atoms with E-state index in [0.29, 0.717) is 0 Å². The zero-order valence-electron chi connectivity index (χ0n) is 12.3. The standard InChI is InChI=1S/C14H25N3S.HI/c1-11(2)6-5-9-16-14(15-4)17-10-13-8-7-12(3)18-13;/h7-8,11H,5-6,9-10H2,1-4H3,(H2,15,16,17);1H. The van der Waals surface area contributed by atoms with Gasteiger partial charge in [0.15, 0.2) is 5.96 Å². The molecule has 0 spiro atoms. The van der Waals surface area contributed by atoms with Crippen molar-refractivity contribution in [2.75, 3.05) is 13.6 Å². The Bertz CT molecular complexity index is 375. The van der Waals surface area contributed by atoms with Gasteiger partial charge in [0.2, 0.25) is 0 Å². The second-order valence-corrected chi connectivity index (χ2v) is 6.27. The molecule has 0 aliphatic rings. The molecule has 1 aromatic heterocycles. The molecule has 19 heavy (non-hydrogen) atoms. The Kier molecular flexibility index (Phi) is 10.3. The van der Waals surface area contributed by atoms with E-state index in [1.165, 1.54) is 22.6 Å². The van der Waals surface area contributed by atoms with E-state index < -0.39 is 0 Å². The van der Waals surface area contributed by atoms with E-state index in [-0.39, 0.29) is 24.0 Å². The van der Waals surface area contributed by atoms with Gasteiger partial charge < -0.3 is 10.6 Å². The van der Waals surface area contributed by atoms with Gasteiger partial charge in [0, 0.05) is 23.3 Å². The molecule has 110 valence electrons. The molecule has 2 N–H and O–H groups in total. The fourth-order valence-corrected chi connectivity index (χ4v) is 2.52. The van der Waals surface area contributed by atoms with Gasteiger partial charge in [-0.1, -0.05) is 13.8 Å². The van der Waals surface area contributed by atoms with E-state index in [0.717, 1.165) is 25.0 Å². The number of halogens is 1. The third-order valence-corrected chi connectivity index (χ3v) is 3.70. The highest BCUT2D eigenvalue weighted by molar-refractivity contribution is 14.0. The minimum atomic E-state index is 0. The largest absolute Gasteiger partial charge is 0.356 e. The van der Waals surface area contributed by atoms with Crippen molar-refractivity contribution < 1.29 is 0 Å². The smallest absolute Gasteiger partial charge is 0.191 e. The first-order chi connectivity index (χ1) is 8.61. The lowest BCUT2D eigenvalue weighted by molar-refractivity contribution is 0.549. The van der Waals surface area contributed by atoms with Crippen LogP contribution in [0.1, 0.15) is 36.4 Å². The third kappa shape index (κ3) is 8.47. The molecule has 0 atom stereocenters. The number of nitrogens with zero attached hydrogens (tertiary/aromatic N) is 1. The fraction of sp³-hybridized carbons (Fsp3) is 0.643. The van der Waals surface area contributed by atoms with Crippen LogP contribution in [-0.4, -0.2) is 19.6 Å². The molecule has 0 radical (unpaired) electrons. The summed E-state index contributed by atoms with van der Waals surface area (Å²) in [5, 5.41) is 6.68. The van der Waals surface area contributed by atoms with E-state index in [2.05, 4.69) is 48.5 Å². The van der Waals surface area contributed by atoms with Crippen molar-refractivity contribution in [1.29, 1.82) is 0 Å². The zero-order valence-corrected chi connectivity index (χ0v) is 15.5. The Morgan fingerprint density at radius 3 is 2.58 bits per heavy atom. The van der Waals surface area contributed by atoms with Crippen LogP contribution in [0.2, 0.25) is 0 Å². The normalized spacial score (nSPS) is 11.3. The number of rotatable bonds is 6. The van der Waals surface area contributed by atoms with Gasteiger partial charge >= 0.3 is 0 Å². The van der Waals surface area contributed by atoms with Crippen molar-refractivity contribution in [3.8, 4) is 0 Å². The highest BCUT2D eigenvalue weighted by Gasteiger charge is 2.00. The monoisotopic (exact) mass is 395 g/mol. The highest BCUT2D eigenvalue weighted by Crippen LogP contribution is 2.14. The van der Waals surface area contributed by atoms with Crippen molar-refractivity contribution in [1.82, 2.24) is 10.6 Å². The first kappa shape index (κ1) is 18.7. The Labute approximate surface area is 138 Å². The molecule has 1 aromatic rings. The topological polar surface area (TPSA) is 36.4 Å². The van der Waals surface area contributed by atoms with Crippen LogP contribution < -0.4 is 10.6 Å². The molecular weight excluding hydrogens is 369 g/mol. The predicted octanol–water partition coefficient (Wildman–Crippen LogP) is 3.78. The summed E-state index contributed by atoms with van der Waals surface area (Å²) in [4.78, 5) is 6.92. The van der Waals surface area contributed by atoms with Crippen LogP contribution in [0.5, 0.6) is 0 Å². The molecule has 0 bridgehead atoms. The Balaban J connectivity index is 0.00000324. The number of thiophene rings is 1. The predicted molar refractivity (Wildman–Crippen MR) is 96.7 cm³/mol. The van der Waals surface area contributed by atoms with Gasteiger partial charge in [0.05, 0.1) is 6.54 Å². The summed E-state index contributed by atoms with van der Waals surface area (Å²) >= 11 is 1.83. The number of hydrogen-bond acceptors (Lipinski definition) is 2. The molecule has 0 aliphatic carbocycles. The number of nitrogens with one attached hydrogen (secondary N) is 2. The molecule has 1 rings (SSSR count). The quantitative estimate of drug-likeness (QED) is 0.333. The van der Waals surface area contributed by atoms with Crippen molar-refractivity contribution in [3.05, 3.63) is 21.9 Å². The SMILES string of the molecule is CN=C(NCCCC(C)C)NCc1ccc(C)s1.I. The molecule has 0 saturated carbocycles. The first-order valence-corrected chi connectivity index (χ1v) is 7.43. The molecule has 1 heterocycles. The van der Waals surface area contributed by atoms with Gasteiger partial charge in [0.1, 0.15) is 0 Å². The molecule has 0 amide bonds. The highest BCUT2D eigenvalue weighted by atomic mass is 127. The van der Waals surface area contributed by atoms with Gasteiger partial charge in [0.25, 0.3) is 0 Å². The number of hydrogen-bond donors (Lipinski definition) is 2. The average Bonchev–Trinajstić information content (AvgIpc) is 2.74. The molecule has 0 aromatic carbocycles. The van der Waals surface area contributed by atoms with Crippen molar-refractivity contribution in [2.24, 2.45) is 10.9 Å². The van der Waals surface area contributed by atoms with Crippen LogP contribution in [-0.2, 0) is 6.54 Å². The summed E-state index contributed by atoms with van der Waals surface area (Å²) in [7, 11) is 1.82. The molecule has 0 saturated heterocycles. The summed E-state index contributed by atoms with van der Waals surface area (Å²) < 4.78 is 0. The first-order valence-electron chi connectivity index (χ1n) is 6.61. The van der Waals surface area contributed by atoms with Gasteiger partial charge in [-0.15, -0.1) is 35.3 Å². The van der Waals surface area contributed by atoms with Crippen LogP contribution >= 0.6 is 35.3 Å². The lowest BCUT2D eigenvalue weighted by Gasteiger charge is -2.11. The van der Waals surface area contributed by atoms with Crippen LogP contribution in [0.3, 0.4) is 0 Å². The molecule has 0 fully saturated rings. The second-order valence-electron chi connectivity index (χ2n) is 4.90. The van der Waals surface area contributed by atoms with Crippen molar-refractivity contribution in [2.45, 2.75) is 40.2 Å². The van der Waals surface area contributed by atoms with Gasteiger partial charge in [-0.25, -0.2) is 0 Å². The lowest BCUT2D eigenvalue weighted by Crippen LogP contribution is -2.37. The zero-order chi connectivity index (χ0) is 13.4. The number of aliphatic imine (C=N–C) groups is 1. The number of aryl methyl sites for hydroxylation is 1.